The summed E-state index contributed by atoms with van der Waals surface area (Å²) >= 11 is 0. The van der Waals surface area contributed by atoms with E-state index in [0.717, 1.165) is 32.5 Å². The first kappa shape index (κ1) is 10.9. The van der Waals surface area contributed by atoms with Gasteiger partial charge in [0, 0.05) is 31.8 Å². The molecule has 0 aromatic carbocycles. The topological polar surface area (TPSA) is 41.6 Å². The molecule has 15 heavy (non-hydrogen) atoms. The molecular weight excluding hydrogens is 192 g/mol. The summed E-state index contributed by atoms with van der Waals surface area (Å²) in [5.74, 6) is 0.189. The maximum absolute atomic E-state index is 12.2. The van der Waals surface area contributed by atoms with Crippen molar-refractivity contribution in [2.45, 2.75) is 44.9 Å². The zero-order valence-corrected chi connectivity index (χ0v) is 9.53. The number of nitrogens with one attached hydrogen (secondary N) is 1. The second kappa shape index (κ2) is 4.49. The molecule has 0 spiro atoms. The summed E-state index contributed by atoms with van der Waals surface area (Å²) < 4.78 is 5.45. The molecule has 1 unspecified atom stereocenters. The lowest BCUT2D eigenvalue weighted by Crippen LogP contribution is -2.59. The Hall–Kier alpha value is -0.610. The second-order valence-corrected chi connectivity index (χ2v) is 4.60. The van der Waals surface area contributed by atoms with Crippen LogP contribution >= 0.6 is 0 Å². The van der Waals surface area contributed by atoms with Crippen molar-refractivity contribution in [2.24, 2.45) is 0 Å². The van der Waals surface area contributed by atoms with Crippen molar-refractivity contribution in [1.29, 1.82) is 0 Å². The van der Waals surface area contributed by atoms with Crippen molar-refractivity contribution in [3.63, 3.8) is 0 Å². The minimum atomic E-state index is -0.173. The Morgan fingerprint density at radius 2 is 2.00 bits per heavy atom. The van der Waals surface area contributed by atoms with Crippen LogP contribution in [-0.2, 0) is 9.53 Å². The molecule has 2 heterocycles. The Morgan fingerprint density at radius 3 is 2.53 bits per heavy atom. The molecule has 0 aliphatic carbocycles. The predicted octanol–water partition coefficient (Wildman–Crippen LogP) is 0.374. The summed E-state index contributed by atoms with van der Waals surface area (Å²) in [6, 6.07) is 0.566. The molecule has 1 N–H and O–H groups in total. The minimum absolute atomic E-state index is 0.173. The molecular formula is C11H20N2O2. The van der Waals surface area contributed by atoms with E-state index < -0.39 is 0 Å². The van der Waals surface area contributed by atoms with E-state index in [1.54, 1.807) is 0 Å². The van der Waals surface area contributed by atoms with Crippen LogP contribution in [0.4, 0.5) is 0 Å². The largest absolute Gasteiger partial charge is 0.368 e. The standard InChI is InChI=1S/C11H20N2O2/c1-8-6-12-7-9(2)13(8)11(14)10-4-3-5-15-10/h8-10,12H,3-7H2,1-2H3/t8-,9+,10?. The first-order chi connectivity index (χ1) is 7.20. The lowest BCUT2D eigenvalue weighted by Gasteiger charge is -2.40. The molecule has 2 rings (SSSR count). The molecule has 0 aromatic rings. The van der Waals surface area contributed by atoms with Gasteiger partial charge in [0.1, 0.15) is 6.10 Å². The average Bonchev–Trinajstić information content (AvgIpc) is 2.69. The summed E-state index contributed by atoms with van der Waals surface area (Å²) in [6.45, 7) is 6.71. The summed E-state index contributed by atoms with van der Waals surface area (Å²) in [6.07, 6.45) is 1.74. The maximum Gasteiger partial charge on any atom is 0.252 e. The highest BCUT2D eigenvalue weighted by atomic mass is 16.5. The smallest absolute Gasteiger partial charge is 0.252 e. The number of hydrogen-bond acceptors (Lipinski definition) is 3. The molecule has 2 aliphatic rings. The Kier molecular flexibility index (Phi) is 3.26. The van der Waals surface area contributed by atoms with Gasteiger partial charge in [-0.15, -0.1) is 0 Å². The van der Waals surface area contributed by atoms with Gasteiger partial charge in [-0.05, 0) is 26.7 Å². The number of carbonyl (C=O) groups is 1. The van der Waals surface area contributed by atoms with Gasteiger partial charge in [0.15, 0.2) is 0 Å². The maximum atomic E-state index is 12.2. The van der Waals surface area contributed by atoms with Gasteiger partial charge in [-0.2, -0.15) is 0 Å². The summed E-state index contributed by atoms with van der Waals surface area (Å²) in [7, 11) is 0. The number of hydrogen-bond donors (Lipinski definition) is 1. The zero-order valence-electron chi connectivity index (χ0n) is 9.53. The van der Waals surface area contributed by atoms with Gasteiger partial charge in [-0.3, -0.25) is 4.79 Å². The van der Waals surface area contributed by atoms with E-state index in [1.807, 2.05) is 4.90 Å². The van der Waals surface area contributed by atoms with E-state index in [1.165, 1.54) is 0 Å². The Labute approximate surface area is 91.0 Å². The number of amides is 1. The van der Waals surface area contributed by atoms with Crippen molar-refractivity contribution >= 4 is 5.91 Å². The SMILES string of the molecule is C[C@@H]1CNC[C@H](C)N1C(=O)C1CCCO1. The van der Waals surface area contributed by atoms with Gasteiger partial charge >= 0.3 is 0 Å². The van der Waals surface area contributed by atoms with Crippen molar-refractivity contribution in [3.8, 4) is 0 Å². The first-order valence-electron chi connectivity index (χ1n) is 5.84. The van der Waals surface area contributed by atoms with Gasteiger partial charge in [0.05, 0.1) is 0 Å². The number of carbonyl (C=O) groups excluding carboxylic acids is 1. The fourth-order valence-corrected chi connectivity index (χ4v) is 2.51. The molecule has 0 saturated carbocycles. The van der Waals surface area contributed by atoms with Crippen LogP contribution in [0.3, 0.4) is 0 Å². The van der Waals surface area contributed by atoms with Gasteiger partial charge in [-0.25, -0.2) is 0 Å². The first-order valence-corrected chi connectivity index (χ1v) is 5.84. The molecule has 1 amide bonds. The molecule has 3 atom stereocenters. The molecule has 0 bridgehead atoms. The quantitative estimate of drug-likeness (QED) is 0.683. The van der Waals surface area contributed by atoms with E-state index in [2.05, 4.69) is 19.2 Å². The Morgan fingerprint density at radius 1 is 1.33 bits per heavy atom. The number of piperazine rings is 1. The van der Waals surface area contributed by atoms with Gasteiger partial charge < -0.3 is 15.0 Å². The van der Waals surface area contributed by atoms with Crippen molar-refractivity contribution in [3.05, 3.63) is 0 Å². The molecule has 0 aromatic heterocycles. The van der Waals surface area contributed by atoms with Crippen molar-refractivity contribution in [2.75, 3.05) is 19.7 Å². The molecule has 86 valence electrons. The van der Waals surface area contributed by atoms with Gasteiger partial charge in [0.2, 0.25) is 0 Å². The normalized spacial score (nSPS) is 36.9. The van der Waals surface area contributed by atoms with E-state index in [-0.39, 0.29) is 24.1 Å². The van der Waals surface area contributed by atoms with Crippen LogP contribution in [0.1, 0.15) is 26.7 Å². The summed E-state index contributed by atoms with van der Waals surface area (Å²) in [5, 5.41) is 3.32. The van der Waals surface area contributed by atoms with Crippen LogP contribution < -0.4 is 5.32 Å². The van der Waals surface area contributed by atoms with Gasteiger partial charge in [-0.1, -0.05) is 0 Å². The number of nitrogens with zero attached hydrogens (tertiary/aromatic N) is 1. The van der Waals surface area contributed by atoms with Crippen LogP contribution in [0.2, 0.25) is 0 Å². The highest BCUT2D eigenvalue weighted by Gasteiger charge is 2.35. The number of rotatable bonds is 1. The predicted molar refractivity (Wildman–Crippen MR) is 57.6 cm³/mol. The Balaban J connectivity index is 2.02. The van der Waals surface area contributed by atoms with Crippen LogP contribution in [0.15, 0.2) is 0 Å². The highest BCUT2D eigenvalue weighted by Crippen LogP contribution is 2.19. The average molecular weight is 212 g/mol. The van der Waals surface area contributed by atoms with Crippen LogP contribution in [0.25, 0.3) is 0 Å². The van der Waals surface area contributed by atoms with E-state index in [9.17, 15) is 4.79 Å². The lowest BCUT2D eigenvalue weighted by molar-refractivity contribution is -0.146. The molecule has 2 fully saturated rings. The molecule has 4 nitrogen and oxygen atoms in total. The zero-order chi connectivity index (χ0) is 10.8. The third-order valence-electron chi connectivity index (χ3n) is 3.29. The van der Waals surface area contributed by atoms with Crippen molar-refractivity contribution < 1.29 is 9.53 Å². The van der Waals surface area contributed by atoms with E-state index in [0.29, 0.717) is 0 Å². The third kappa shape index (κ3) is 2.16. The van der Waals surface area contributed by atoms with E-state index in [4.69, 9.17) is 4.74 Å². The van der Waals surface area contributed by atoms with Gasteiger partial charge in [0.25, 0.3) is 5.91 Å². The minimum Gasteiger partial charge on any atom is -0.368 e. The van der Waals surface area contributed by atoms with Crippen LogP contribution in [0, 0.1) is 0 Å². The van der Waals surface area contributed by atoms with E-state index >= 15 is 0 Å². The molecule has 4 heteroatoms. The number of ether oxygens (including phenoxy) is 1. The highest BCUT2D eigenvalue weighted by molar-refractivity contribution is 5.82. The second-order valence-electron chi connectivity index (χ2n) is 4.60. The molecule has 2 aliphatic heterocycles. The monoisotopic (exact) mass is 212 g/mol. The third-order valence-corrected chi connectivity index (χ3v) is 3.29. The summed E-state index contributed by atoms with van der Waals surface area (Å²) in [5.41, 5.74) is 0. The molecule has 2 saturated heterocycles. The Bertz CT molecular complexity index is 229. The van der Waals surface area contributed by atoms with Crippen LogP contribution in [0.5, 0.6) is 0 Å². The van der Waals surface area contributed by atoms with Crippen molar-refractivity contribution in [1.82, 2.24) is 10.2 Å². The van der Waals surface area contributed by atoms with Crippen LogP contribution in [-0.4, -0.2) is 48.7 Å². The lowest BCUT2D eigenvalue weighted by atomic mass is 10.1. The summed E-state index contributed by atoms with van der Waals surface area (Å²) in [4.78, 5) is 14.2. The molecule has 0 radical (unpaired) electrons. The fraction of sp³-hybridized carbons (Fsp3) is 0.909. The fourth-order valence-electron chi connectivity index (χ4n) is 2.51.